The number of hydrogen-bond acceptors (Lipinski definition) is 3. The highest BCUT2D eigenvalue weighted by atomic mass is 16.2. The Morgan fingerprint density at radius 1 is 0.767 bits per heavy atom. The highest BCUT2D eigenvalue weighted by molar-refractivity contribution is 6.40. The van der Waals surface area contributed by atoms with Crippen molar-refractivity contribution in [1.29, 1.82) is 0 Å². The van der Waals surface area contributed by atoms with E-state index in [4.69, 9.17) is 0 Å². The lowest BCUT2D eigenvalue weighted by atomic mass is 9.87. The van der Waals surface area contributed by atoms with E-state index in [0.717, 1.165) is 15.8 Å². The molecule has 0 spiro atoms. The van der Waals surface area contributed by atoms with Gasteiger partial charge in [-0.15, -0.1) is 0 Å². The lowest BCUT2D eigenvalue weighted by molar-refractivity contribution is 0.0920. The van der Waals surface area contributed by atoms with Crippen LogP contribution >= 0.6 is 0 Å². The number of ketones is 1. The van der Waals surface area contributed by atoms with Crippen LogP contribution in [0.5, 0.6) is 0 Å². The maximum absolute atomic E-state index is 13.5. The lowest BCUT2D eigenvalue weighted by Gasteiger charge is -2.14. The van der Waals surface area contributed by atoms with Crippen molar-refractivity contribution in [3.05, 3.63) is 89.6 Å². The summed E-state index contributed by atoms with van der Waals surface area (Å²) < 4.78 is 1.84. The largest absolute Gasteiger partial charge is 0.350 e. The summed E-state index contributed by atoms with van der Waals surface area (Å²) in [7, 11) is 1.84. The summed E-state index contributed by atoms with van der Waals surface area (Å²) in [5.74, 6) is -1.12. The van der Waals surface area contributed by atoms with Crippen LogP contribution in [-0.2, 0) is 7.05 Å². The van der Waals surface area contributed by atoms with Gasteiger partial charge in [-0.1, -0.05) is 48.5 Å². The van der Waals surface area contributed by atoms with Crippen LogP contribution in [0, 0.1) is 0 Å². The Kier molecular flexibility index (Phi) is 3.93. The Morgan fingerprint density at radius 2 is 1.37 bits per heavy atom. The number of carbonyl (C=O) groups is 3. The third-order valence-corrected chi connectivity index (χ3v) is 5.59. The summed E-state index contributed by atoms with van der Waals surface area (Å²) in [6.45, 7) is 1.44. The molecule has 30 heavy (non-hydrogen) atoms. The smallest absolute Gasteiger partial charge is 0.268 e. The van der Waals surface area contributed by atoms with E-state index >= 15 is 0 Å². The molecule has 0 unspecified atom stereocenters. The highest BCUT2D eigenvalue weighted by Crippen LogP contribution is 2.42. The molecule has 5 heteroatoms. The minimum Gasteiger partial charge on any atom is -0.350 e. The van der Waals surface area contributed by atoms with Crippen molar-refractivity contribution >= 4 is 34.2 Å². The minimum atomic E-state index is -0.466. The van der Waals surface area contributed by atoms with Gasteiger partial charge in [-0.25, -0.2) is 4.90 Å². The Bertz CT molecular complexity index is 1350. The van der Waals surface area contributed by atoms with E-state index in [1.165, 1.54) is 6.92 Å². The normalized spacial score (nSPS) is 13.2. The number of aromatic nitrogens is 1. The summed E-state index contributed by atoms with van der Waals surface area (Å²) in [6.07, 6.45) is 1.85. The standard InChI is InChI=1S/C25H18N2O3/c1-15(28)19-20(16-9-5-3-6-10-16)18-13-14-26(2)23(18)22-21(19)24(29)27(25(22)30)17-11-7-4-8-12-17/h3-14H,1-2H3. The van der Waals surface area contributed by atoms with Gasteiger partial charge in [-0.2, -0.15) is 0 Å². The van der Waals surface area contributed by atoms with Crippen LogP contribution < -0.4 is 4.90 Å². The monoisotopic (exact) mass is 394 g/mol. The van der Waals surface area contributed by atoms with Gasteiger partial charge in [-0.3, -0.25) is 14.4 Å². The van der Waals surface area contributed by atoms with Gasteiger partial charge in [0.1, 0.15) is 0 Å². The molecule has 2 heterocycles. The van der Waals surface area contributed by atoms with Gasteiger partial charge in [0.15, 0.2) is 5.78 Å². The highest BCUT2D eigenvalue weighted by Gasteiger charge is 2.43. The fourth-order valence-corrected chi connectivity index (χ4v) is 4.35. The Labute approximate surface area is 173 Å². The number of aryl methyl sites for hydroxylation is 1. The number of benzene rings is 3. The van der Waals surface area contributed by atoms with Crippen LogP contribution in [0.25, 0.3) is 22.0 Å². The molecular formula is C25H18N2O3. The van der Waals surface area contributed by atoms with Crippen LogP contribution in [0.3, 0.4) is 0 Å². The molecule has 4 aromatic rings. The summed E-state index contributed by atoms with van der Waals surface area (Å²) >= 11 is 0. The molecular weight excluding hydrogens is 376 g/mol. The van der Waals surface area contributed by atoms with E-state index in [1.54, 1.807) is 24.3 Å². The number of carbonyl (C=O) groups excluding carboxylic acids is 3. The second kappa shape index (κ2) is 6.52. The van der Waals surface area contributed by atoms with Gasteiger partial charge in [0.25, 0.3) is 11.8 Å². The fourth-order valence-electron chi connectivity index (χ4n) is 4.35. The van der Waals surface area contributed by atoms with Crippen LogP contribution in [0.2, 0.25) is 0 Å². The molecule has 5 nitrogen and oxygen atoms in total. The molecule has 1 aliphatic rings. The zero-order chi connectivity index (χ0) is 21.0. The number of imide groups is 1. The maximum Gasteiger partial charge on any atom is 0.268 e. The van der Waals surface area contributed by atoms with Gasteiger partial charge in [0.05, 0.1) is 22.3 Å². The van der Waals surface area contributed by atoms with Crippen molar-refractivity contribution in [1.82, 2.24) is 4.57 Å². The first-order valence-electron chi connectivity index (χ1n) is 9.66. The van der Waals surface area contributed by atoms with E-state index in [1.807, 2.05) is 60.3 Å². The molecule has 2 amide bonds. The Balaban J connectivity index is 1.93. The Hall–Kier alpha value is -3.99. The molecule has 0 fully saturated rings. The first-order chi connectivity index (χ1) is 14.5. The van der Waals surface area contributed by atoms with Gasteiger partial charge in [0, 0.05) is 29.8 Å². The number of anilines is 1. The number of para-hydroxylation sites is 1. The third-order valence-electron chi connectivity index (χ3n) is 5.59. The molecule has 0 radical (unpaired) electrons. The summed E-state index contributed by atoms with van der Waals surface area (Å²) in [6, 6.07) is 20.2. The zero-order valence-corrected chi connectivity index (χ0v) is 16.5. The molecule has 0 N–H and O–H groups in total. The summed E-state index contributed by atoms with van der Waals surface area (Å²) in [5.41, 5.74) is 3.44. The maximum atomic E-state index is 13.5. The van der Waals surface area contributed by atoms with Gasteiger partial charge < -0.3 is 4.57 Å². The molecule has 3 aromatic carbocycles. The molecule has 1 aliphatic heterocycles. The molecule has 0 bridgehead atoms. The quantitative estimate of drug-likeness (QED) is 0.369. The van der Waals surface area contributed by atoms with E-state index in [9.17, 15) is 14.4 Å². The van der Waals surface area contributed by atoms with Crippen molar-refractivity contribution in [3.63, 3.8) is 0 Å². The number of hydrogen-bond donors (Lipinski definition) is 0. The predicted octanol–water partition coefficient (Wildman–Crippen LogP) is 4.85. The van der Waals surface area contributed by atoms with Crippen LogP contribution in [-0.4, -0.2) is 22.2 Å². The van der Waals surface area contributed by atoms with Crippen molar-refractivity contribution in [2.24, 2.45) is 7.05 Å². The van der Waals surface area contributed by atoms with Crippen molar-refractivity contribution in [2.45, 2.75) is 6.92 Å². The molecule has 5 rings (SSSR count). The first-order valence-corrected chi connectivity index (χ1v) is 9.66. The van der Waals surface area contributed by atoms with E-state index in [2.05, 4.69) is 0 Å². The zero-order valence-electron chi connectivity index (χ0n) is 16.5. The van der Waals surface area contributed by atoms with Gasteiger partial charge >= 0.3 is 0 Å². The number of amides is 2. The average Bonchev–Trinajstić information content (AvgIpc) is 3.25. The number of nitrogens with zero attached hydrogens (tertiary/aromatic N) is 2. The van der Waals surface area contributed by atoms with Crippen LogP contribution in [0.1, 0.15) is 38.0 Å². The molecule has 0 saturated heterocycles. The number of fused-ring (bicyclic) bond motifs is 3. The van der Waals surface area contributed by atoms with E-state index < -0.39 is 11.8 Å². The predicted molar refractivity (Wildman–Crippen MR) is 116 cm³/mol. The summed E-state index contributed by atoms with van der Waals surface area (Å²) in [5, 5.41) is 0.781. The Morgan fingerprint density at radius 3 is 2.00 bits per heavy atom. The molecule has 0 saturated carbocycles. The van der Waals surface area contributed by atoms with Crippen molar-refractivity contribution in [2.75, 3.05) is 4.90 Å². The topological polar surface area (TPSA) is 59.4 Å². The SMILES string of the molecule is CC(=O)c1c2c(c3c(ccn3C)c1-c1ccccc1)C(=O)N(c1ccccc1)C2=O. The van der Waals surface area contributed by atoms with Gasteiger partial charge in [0.2, 0.25) is 0 Å². The number of Topliss-reactive ketones (excluding diaryl/α,β-unsaturated/α-hetero) is 1. The van der Waals surface area contributed by atoms with Crippen LogP contribution in [0.15, 0.2) is 72.9 Å². The molecule has 1 aromatic heterocycles. The second-order valence-corrected chi connectivity index (χ2v) is 7.39. The number of rotatable bonds is 3. The lowest BCUT2D eigenvalue weighted by Crippen LogP contribution is -2.29. The minimum absolute atomic E-state index is 0.185. The fraction of sp³-hybridized carbons (Fsp3) is 0.0800. The molecule has 0 atom stereocenters. The van der Waals surface area contributed by atoms with Gasteiger partial charge in [-0.05, 0) is 30.7 Å². The molecule has 0 aliphatic carbocycles. The average molecular weight is 394 g/mol. The van der Waals surface area contributed by atoms with E-state index in [0.29, 0.717) is 22.3 Å². The van der Waals surface area contributed by atoms with E-state index in [-0.39, 0.29) is 16.9 Å². The third kappa shape index (κ3) is 2.38. The summed E-state index contributed by atoms with van der Waals surface area (Å²) in [4.78, 5) is 41.0. The second-order valence-electron chi connectivity index (χ2n) is 7.39. The van der Waals surface area contributed by atoms with Crippen molar-refractivity contribution in [3.8, 4) is 11.1 Å². The van der Waals surface area contributed by atoms with Crippen molar-refractivity contribution < 1.29 is 14.4 Å². The first kappa shape index (κ1) is 18.1. The van der Waals surface area contributed by atoms with Crippen LogP contribution in [0.4, 0.5) is 5.69 Å². The molecule has 146 valence electrons.